The summed E-state index contributed by atoms with van der Waals surface area (Å²) in [7, 11) is 0. The van der Waals surface area contributed by atoms with Crippen molar-refractivity contribution in [2.75, 3.05) is 19.6 Å². The predicted octanol–water partition coefficient (Wildman–Crippen LogP) is 2.87. The standard InChI is InChI=1S/C26H28N4O3/c31-24(10-5-14-29-18-27-23-9-4-3-8-22(23)25(29)32)28-15-12-20(13-16-28)30-17-11-19-6-1-2-7-21(19)26(30)33/h1-4,6-9,18,20H,5,10-17H2. The summed E-state index contributed by atoms with van der Waals surface area (Å²) in [6, 6.07) is 15.3. The van der Waals surface area contributed by atoms with Crippen LogP contribution in [-0.4, -0.2) is 56.8 Å². The molecule has 1 saturated heterocycles. The van der Waals surface area contributed by atoms with Gasteiger partial charge in [-0.3, -0.25) is 19.0 Å². The van der Waals surface area contributed by atoms with Gasteiger partial charge in [0, 0.05) is 44.2 Å². The molecule has 0 bridgehead atoms. The van der Waals surface area contributed by atoms with Crippen LogP contribution in [0, 0.1) is 0 Å². The molecule has 7 heteroatoms. The van der Waals surface area contributed by atoms with Crippen molar-refractivity contribution in [2.45, 2.75) is 44.7 Å². The van der Waals surface area contributed by atoms with Crippen molar-refractivity contribution in [1.82, 2.24) is 19.4 Å². The summed E-state index contributed by atoms with van der Waals surface area (Å²) in [6.07, 6.45) is 5.08. The van der Waals surface area contributed by atoms with Gasteiger partial charge in [-0.2, -0.15) is 0 Å². The number of carbonyl (C=O) groups is 2. The summed E-state index contributed by atoms with van der Waals surface area (Å²) >= 11 is 0. The number of amides is 2. The highest BCUT2D eigenvalue weighted by Gasteiger charge is 2.32. The number of hydrogen-bond acceptors (Lipinski definition) is 4. The van der Waals surface area contributed by atoms with E-state index >= 15 is 0 Å². The van der Waals surface area contributed by atoms with Crippen LogP contribution in [0.4, 0.5) is 0 Å². The molecular formula is C26H28N4O3. The van der Waals surface area contributed by atoms with Gasteiger partial charge < -0.3 is 9.80 Å². The van der Waals surface area contributed by atoms with Gasteiger partial charge in [0.25, 0.3) is 11.5 Å². The minimum Gasteiger partial charge on any atom is -0.343 e. The lowest BCUT2D eigenvalue weighted by Gasteiger charge is -2.40. The summed E-state index contributed by atoms with van der Waals surface area (Å²) in [5, 5.41) is 0.600. The van der Waals surface area contributed by atoms with E-state index in [1.54, 1.807) is 17.0 Å². The number of benzene rings is 2. The number of carbonyl (C=O) groups excluding carboxylic acids is 2. The minimum absolute atomic E-state index is 0.0679. The molecule has 3 aromatic rings. The summed E-state index contributed by atoms with van der Waals surface area (Å²) in [5.74, 6) is 0.238. The monoisotopic (exact) mass is 444 g/mol. The smallest absolute Gasteiger partial charge is 0.261 e. The van der Waals surface area contributed by atoms with Crippen molar-refractivity contribution in [3.05, 3.63) is 76.3 Å². The van der Waals surface area contributed by atoms with E-state index in [2.05, 4.69) is 4.98 Å². The first-order valence-corrected chi connectivity index (χ1v) is 11.7. The van der Waals surface area contributed by atoms with Gasteiger partial charge in [-0.1, -0.05) is 30.3 Å². The lowest BCUT2D eigenvalue weighted by molar-refractivity contribution is -0.132. The summed E-state index contributed by atoms with van der Waals surface area (Å²) in [5.41, 5.74) is 2.57. The van der Waals surface area contributed by atoms with E-state index in [1.807, 2.05) is 52.3 Å². The quantitative estimate of drug-likeness (QED) is 0.607. The fourth-order valence-electron chi connectivity index (χ4n) is 5.04. The molecule has 0 spiro atoms. The first-order valence-electron chi connectivity index (χ1n) is 11.7. The van der Waals surface area contributed by atoms with Gasteiger partial charge >= 0.3 is 0 Å². The Labute approximate surface area is 192 Å². The van der Waals surface area contributed by atoms with Crippen LogP contribution in [0.15, 0.2) is 59.7 Å². The fourth-order valence-corrected chi connectivity index (χ4v) is 5.04. The first-order chi connectivity index (χ1) is 16.1. The Balaban J connectivity index is 1.12. The van der Waals surface area contributed by atoms with Crippen molar-refractivity contribution >= 4 is 22.7 Å². The zero-order valence-electron chi connectivity index (χ0n) is 18.7. The lowest BCUT2D eigenvalue weighted by atomic mass is 9.94. The molecule has 170 valence electrons. The van der Waals surface area contributed by atoms with Crippen LogP contribution < -0.4 is 5.56 Å². The number of likely N-dealkylation sites (tertiary alicyclic amines) is 1. The van der Waals surface area contributed by atoms with Crippen molar-refractivity contribution < 1.29 is 9.59 Å². The van der Waals surface area contributed by atoms with Crippen molar-refractivity contribution in [1.29, 1.82) is 0 Å². The van der Waals surface area contributed by atoms with E-state index in [0.717, 1.165) is 36.9 Å². The average Bonchev–Trinajstić information content (AvgIpc) is 2.86. The highest BCUT2D eigenvalue weighted by Crippen LogP contribution is 2.25. The van der Waals surface area contributed by atoms with Crippen molar-refractivity contribution in [3.63, 3.8) is 0 Å². The fraction of sp³-hybridized carbons (Fsp3) is 0.385. The molecule has 5 rings (SSSR count). The number of para-hydroxylation sites is 1. The van der Waals surface area contributed by atoms with Gasteiger partial charge in [0.2, 0.25) is 5.91 Å². The van der Waals surface area contributed by atoms with Crippen LogP contribution in [-0.2, 0) is 17.8 Å². The summed E-state index contributed by atoms with van der Waals surface area (Å²) < 4.78 is 1.58. The zero-order chi connectivity index (χ0) is 22.8. The zero-order valence-corrected chi connectivity index (χ0v) is 18.7. The summed E-state index contributed by atoms with van der Waals surface area (Å²) in [6.45, 7) is 2.57. The molecule has 7 nitrogen and oxygen atoms in total. The van der Waals surface area contributed by atoms with Gasteiger partial charge in [0.15, 0.2) is 0 Å². The third-order valence-corrected chi connectivity index (χ3v) is 6.91. The average molecular weight is 445 g/mol. The molecule has 0 aliphatic carbocycles. The maximum Gasteiger partial charge on any atom is 0.261 e. The number of fused-ring (bicyclic) bond motifs is 2. The molecule has 1 fully saturated rings. The van der Waals surface area contributed by atoms with Crippen LogP contribution in [0.1, 0.15) is 41.6 Å². The number of aryl methyl sites for hydroxylation is 1. The molecule has 0 unspecified atom stereocenters. The Morgan fingerprint density at radius 2 is 1.73 bits per heavy atom. The molecule has 2 aliphatic heterocycles. The van der Waals surface area contributed by atoms with E-state index in [4.69, 9.17) is 0 Å². The molecule has 0 N–H and O–H groups in total. The van der Waals surface area contributed by atoms with E-state index in [9.17, 15) is 14.4 Å². The van der Waals surface area contributed by atoms with Crippen LogP contribution >= 0.6 is 0 Å². The molecule has 0 radical (unpaired) electrons. The van der Waals surface area contributed by atoms with Crippen molar-refractivity contribution in [3.8, 4) is 0 Å². The topological polar surface area (TPSA) is 75.5 Å². The number of aromatic nitrogens is 2. The second-order valence-corrected chi connectivity index (χ2v) is 8.88. The van der Waals surface area contributed by atoms with Crippen LogP contribution in [0.25, 0.3) is 10.9 Å². The van der Waals surface area contributed by atoms with E-state index in [-0.39, 0.29) is 23.4 Å². The molecule has 33 heavy (non-hydrogen) atoms. The number of rotatable bonds is 5. The van der Waals surface area contributed by atoms with Gasteiger partial charge in [-0.15, -0.1) is 0 Å². The Morgan fingerprint density at radius 3 is 2.58 bits per heavy atom. The van der Waals surface area contributed by atoms with E-state index < -0.39 is 0 Å². The summed E-state index contributed by atoms with van der Waals surface area (Å²) in [4.78, 5) is 46.5. The third kappa shape index (κ3) is 4.27. The Hall–Kier alpha value is -3.48. The van der Waals surface area contributed by atoms with Gasteiger partial charge in [0.05, 0.1) is 17.2 Å². The second kappa shape index (κ2) is 9.17. The Bertz CT molecular complexity index is 1240. The molecule has 0 saturated carbocycles. The number of nitrogens with zero attached hydrogens (tertiary/aromatic N) is 4. The van der Waals surface area contributed by atoms with Crippen LogP contribution in [0.3, 0.4) is 0 Å². The Morgan fingerprint density at radius 1 is 0.970 bits per heavy atom. The highest BCUT2D eigenvalue weighted by molar-refractivity contribution is 5.97. The SMILES string of the molecule is O=C(CCCn1cnc2ccccc2c1=O)N1CCC(N2CCc3ccccc3C2=O)CC1. The molecule has 2 aliphatic rings. The van der Waals surface area contributed by atoms with Gasteiger partial charge in [-0.25, -0.2) is 4.98 Å². The normalized spacial score (nSPS) is 16.8. The molecule has 1 aromatic heterocycles. The molecule has 0 atom stereocenters. The van der Waals surface area contributed by atoms with Crippen LogP contribution in [0.2, 0.25) is 0 Å². The second-order valence-electron chi connectivity index (χ2n) is 8.88. The highest BCUT2D eigenvalue weighted by atomic mass is 16.2. The van der Waals surface area contributed by atoms with E-state index in [0.29, 0.717) is 43.4 Å². The number of hydrogen-bond donors (Lipinski definition) is 0. The predicted molar refractivity (Wildman–Crippen MR) is 126 cm³/mol. The molecular weight excluding hydrogens is 416 g/mol. The maximum absolute atomic E-state index is 12.9. The number of piperidine rings is 1. The largest absolute Gasteiger partial charge is 0.343 e. The minimum atomic E-state index is -0.0679. The van der Waals surface area contributed by atoms with Gasteiger partial charge in [0.1, 0.15) is 0 Å². The third-order valence-electron chi connectivity index (χ3n) is 6.91. The molecule has 3 heterocycles. The molecule has 2 amide bonds. The molecule has 2 aromatic carbocycles. The van der Waals surface area contributed by atoms with Crippen LogP contribution in [0.5, 0.6) is 0 Å². The van der Waals surface area contributed by atoms with E-state index in [1.165, 1.54) is 0 Å². The maximum atomic E-state index is 12.9. The first kappa shape index (κ1) is 21.4. The van der Waals surface area contributed by atoms with Gasteiger partial charge in [-0.05, 0) is 49.4 Å². The van der Waals surface area contributed by atoms with Crippen molar-refractivity contribution in [2.24, 2.45) is 0 Å². The Kier molecular flexibility index (Phi) is 5.94. The lowest BCUT2D eigenvalue weighted by Crippen LogP contribution is -2.50.